The highest BCUT2D eigenvalue weighted by atomic mass is 16.3. The predicted octanol–water partition coefficient (Wildman–Crippen LogP) is 2.91. The van der Waals surface area contributed by atoms with E-state index in [-0.39, 0.29) is 6.10 Å². The Hall–Kier alpha value is -0.0800. The number of nitrogens with zero attached hydrogens (tertiary/aromatic N) is 1. The first kappa shape index (κ1) is 13.4. The summed E-state index contributed by atoms with van der Waals surface area (Å²) in [5, 5.41) is 9.52. The minimum Gasteiger partial charge on any atom is -0.393 e. The molecule has 2 aliphatic carbocycles. The molecule has 0 aromatic carbocycles. The van der Waals surface area contributed by atoms with E-state index >= 15 is 0 Å². The van der Waals surface area contributed by atoms with Crippen molar-refractivity contribution in [3.8, 4) is 0 Å². The van der Waals surface area contributed by atoms with Crippen molar-refractivity contribution in [2.24, 2.45) is 17.8 Å². The van der Waals surface area contributed by atoms with Gasteiger partial charge in [-0.05, 0) is 69.9 Å². The molecule has 0 saturated heterocycles. The molecule has 2 aliphatic rings. The van der Waals surface area contributed by atoms with E-state index < -0.39 is 0 Å². The van der Waals surface area contributed by atoms with Gasteiger partial charge in [-0.25, -0.2) is 0 Å². The van der Waals surface area contributed by atoms with E-state index in [2.05, 4.69) is 18.9 Å². The van der Waals surface area contributed by atoms with Crippen LogP contribution in [0, 0.1) is 17.8 Å². The third-order valence-corrected chi connectivity index (χ3v) is 4.98. The predicted molar refractivity (Wildman–Crippen MR) is 72.0 cm³/mol. The van der Waals surface area contributed by atoms with E-state index in [4.69, 9.17) is 0 Å². The van der Waals surface area contributed by atoms with Gasteiger partial charge < -0.3 is 10.0 Å². The fourth-order valence-electron chi connectivity index (χ4n) is 3.89. The van der Waals surface area contributed by atoms with Gasteiger partial charge in [-0.15, -0.1) is 0 Å². The highest BCUT2D eigenvalue weighted by Gasteiger charge is 2.39. The Balaban J connectivity index is 1.59. The van der Waals surface area contributed by atoms with Crippen LogP contribution in [0.2, 0.25) is 0 Å². The molecule has 4 atom stereocenters. The second-order valence-corrected chi connectivity index (χ2v) is 6.40. The van der Waals surface area contributed by atoms with Crippen molar-refractivity contribution in [2.45, 2.75) is 58.0 Å². The van der Waals surface area contributed by atoms with Gasteiger partial charge in [-0.1, -0.05) is 13.3 Å². The first-order valence-electron chi connectivity index (χ1n) is 7.55. The molecule has 2 nitrogen and oxygen atoms in total. The number of rotatable bonds is 7. The van der Waals surface area contributed by atoms with Gasteiger partial charge in [-0.2, -0.15) is 0 Å². The first-order valence-corrected chi connectivity index (χ1v) is 7.55. The molecule has 0 amide bonds. The van der Waals surface area contributed by atoms with Crippen LogP contribution in [0.15, 0.2) is 0 Å². The Labute approximate surface area is 106 Å². The van der Waals surface area contributed by atoms with E-state index in [1.54, 1.807) is 0 Å². The lowest BCUT2D eigenvalue weighted by molar-refractivity contribution is 0.147. The molecule has 2 saturated carbocycles. The number of hydrogen-bond donors (Lipinski definition) is 1. The number of aliphatic hydroxyl groups is 1. The SMILES string of the molecule is CCC(O)CCCN(C)CC1CC2CCC1C2. The normalized spacial score (nSPS) is 33.5. The Morgan fingerprint density at radius 1 is 1.29 bits per heavy atom. The molecular weight excluding hydrogens is 210 g/mol. The number of hydrogen-bond acceptors (Lipinski definition) is 2. The van der Waals surface area contributed by atoms with Crippen LogP contribution in [0.1, 0.15) is 51.9 Å². The van der Waals surface area contributed by atoms with Crippen LogP contribution in [0.3, 0.4) is 0 Å². The largest absolute Gasteiger partial charge is 0.393 e. The van der Waals surface area contributed by atoms with Crippen molar-refractivity contribution >= 4 is 0 Å². The maximum absolute atomic E-state index is 9.52. The van der Waals surface area contributed by atoms with Gasteiger partial charge in [0.1, 0.15) is 0 Å². The number of aliphatic hydroxyl groups excluding tert-OH is 1. The molecule has 2 heteroatoms. The van der Waals surface area contributed by atoms with Crippen molar-refractivity contribution in [3.05, 3.63) is 0 Å². The van der Waals surface area contributed by atoms with Gasteiger partial charge in [0.15, 0.2) is 0 Å². The van der Waals surface area contributed by atoms with Gasteiger partial charge in [0, 0.05) is 6.54 Å². The van der Waals surface area contributed by atoms with Gasteiger partial charge in [0.25, 0.3) is 0 Å². The summed E-state index contributed by atoms with van der Waals surface area (Å²) in [7, 11) is 2.25. The molecule has 4 unspecified atom stereocenters. The van der Waals surface area contributed by atoms with Crippen LogP contribution < -0.4 is 0 Å². The lowest BCUT2D eigenvalue weighted by atomic mass is 9.88. The molecule has 100 valence electrons. The highest BCUT2D eigenvalue weighted by molar-refractivity contribution is 4.90. The summed E-state index contributed by atoms with van der Waals surface area (Å²) in [6.45, 7) is 4.51. The van der Waals surface area contributed by atoms with E-state index in [1.807, 2.05) is 0 Å². The van der Waals surface area contributed by atoms with Crippen LogP contribution in [0.4, 0.5) is 0 Å². The highest BCUT2D eigenvalue weighted by Crippen LogP contribution is 2.48. The van der Waals surface area contributed by atoms with Crippen LogP contribution >= 0.6 is 0 Å². The second kappa shape index (κ2) is 6.19. The quantitative estimate of drug-likeness (QED) is 0.738. The molecule has 0 aromatic heterocycles. The standard InChI is InChI=1S/C15H29NO/c1-3-15(17)5-4-8-16(2)11-14-10-12-6-7-13(14)9-12/h12-15,17H,3-11H2,1-2H3. The molecule has 1 N–H and O–H groups in total. The smallest absolute Gasteiger partial charge is 0.0538 e. The van der Waals surface area contributed by atoms with Gasteiger partial charge >= 0.3 is 0 Å². The first-order chi connectivity index (χ1) is 8.19. The minimum absolute atomic E-state index is 0.0779. The zero-order valence-electron chi connectivity index (χ0n) is 11.6. The molecule has 0 heterocycles. The third-order valence-electron chi connectivity index (χ3n) is 4.98. The monoisotopic (exact) mass is 239 g/mol. The van der Waals surface area contributed by atoms with Crippen molar-refractivity contribution < 1.29 is 5.11 Å². The van der Waals surface area contributed by atoms with E-state index in [9.17, 15) is 5.11 Å². The van der Waals surface area contributed by atoms with Gasteiger partial charge in [-0.3, -0.25) is 0 Å². The second-order valence-electron chi connectivity index (χ2n) is 6.40. The van der Waals surface area contributed by atoms with Crippen LogP contribution in [-0.2, 0) is 0 Å². The number of fused-ring (bicyclic) bond motifs is 2. The van der Waals surface area contributed by atoms with Gasteiger partial charge in [0.05, 0.1) is 6.10 Å². The average molecular weight is 239 g/mol. The molecule has 0 radical (unpaired) electrons. The maximum Gasteiger partial charge on any atom is 0.0538 e. The molecule has 0 spiro atoms. The van der Waals surface area contributed by atoms with Crippen LogP contribution in [0.25, 0.3) is 0 Å². The summed E-state index contributed by atoms with van der Waals surface area (Å²) in [5.41, 5.74) is 0. The summed E-state index contributed by atoms with van der Waals surface area (Å²) in [6, 6.07) is 0. The Kier molecular flexibility index (Phi) is 4.87. The summed E-state index contributed by atoms with van der Waals surface area (Å²) in [4.78, 5) is 2.49. The minimum atomic E-state index is -0.0779. The summed E-state index contributed by atoms with van der Waals surface area (Å²) in [6.07, 6.45) is 8.95. The molecule has 2 bridgehead atoms. The topological polar surface area (TPSA) is 23.5 Å². The molecular formula is C15H29NO. The van der Waals surface area contributed by atoms with Crippen LogP contribution in [0.5, 0.6) is 0 Å². The molecule has 2 rings (SSSR count). The van der Waals surface area contributed by atoms with Crippen LogP contribution in [-0.4, -0.2) is 36.2 Å². The van der Waals surface area contributed by atoms with E-state index in [0.29, 0.717) is 0 Å². The third kappa shape index (κ3) is 3.69. The van der Waals surface area contributed by atoms with E-state index in [0.717, 1.165) is 43.6 Å². The lowest BCUT2D eigenvalue weighted by Crippen LogP contribution is -2.29. The maximum atomic E-state index is 9.52. The fraction of sp³-hybridized carbons (Fsp3) is 1.00. The van der Waals surface area contributed by atoms with Crippen molar-refractivity contribution in [2.75, 3.05) is 20.1 Å². The fourth-order valence-corrected chi connectivity index (χ4v) is 3.89. The molecule has 2 fully saturated rings. The molecule has 17 heavy (non-hydrogen) atoms. The Morgan fingerprint density at radius 3 is 2.71 bits per heavy atom. The molecule has 0 aliphatic heterocycles. The zero-order chi connectivity index (χ0) is 12.3. The lowest BCUT2D eigenvalue weighted by Gasteiger charge is -2.27. The van der Waals surface area contributed by atoms with Gasteiger partial charge in [0.2, 0.25) is 0 Å². The summed E-state index contributed by atoms with van der Waals surface area (Å²) < 4.78 is 0. The van der Waals surface area contributed by atoms with E-state index in [1.165, 1.54) is 32.2 Å². The Bertz CT molecular complexity index is 231. The molecule has 0 aromatic rings. The summed E-state index contributed by atoms with van der Waals surface area (Å²) >= 11 is 0. The summed E-state index contributed by atoms with van der Waals surface area (Å²) in [5.74, 6) is 3.10. The zero-order valence-corrected chi connectivity index (χ0v) is 11.6. The average Bonchev–Trinajstić information content (AvgIpc) is 2.90. The van der Waals surface area contributed by atoms with Crippen molar-refractivity contribution in [1.29, 1.82) is 0 Å². The Morgan fingerprint density at radius 2 is 2.12 bits per heavy atom. The van der Waals surface area contributed by atoms with Crippen molar-refractivity contribution in [3.63, 3.8) is 0 Å². The van der Waals surface area contributed by atoms with Crippen molar-refractivity contribution in [1.82, 2.24) is 4.90 Å².